The third kappa shape index (κ3) is 0.636. The first-order valence-corrected chi connectivity index (χ1v) is 4.02. The van der Waals surface area contributed by atoms with Gasteiger partial charge in [-0.15, -0.1) is 0 Å². The van der Waals surface area contributed by atoms with Crippen LogP contribution in [0, 0.1) is 17.4 Å². The summed E-state index contributed by atoms with van der Waals surface area (Å²) in [4.78, 5) is 1.92. The van der Waals surface area contributed by atoms with Crippen molar-refractivity contribution in [3.05, 3.63) is 0 Å². The molecule has 1 saturated carbocycles. The van der Waals surface area contributed by atoms with Gasteiger partial charge < -0.3 is 4.90 Å². The molecule has 0 radical (unpaired) electrons. The lowest BCUT2D eigenvalue weighted by Crippen LogP contribution is -2.19. The zero-order valence-electron chi connectivity index (χ0n) is 6.25. The van der Waals surface area contributed by atoms with E-state index in [0.717, 1.165) is 5.92 Å². The van der Waals surface area contributed by atoms with Gasteiger partial charge in [-0.1, -0.05) is 6.42 Å². The molecule has 2 aliphatic rings. The predicted octanol–water partition coefficient (Wildman–Crippen LogP) is 1.34. The number of nitriles is 1. The van der Waals surface area contributed by atoms with Gasteiger partial charge in [0.2, 0.25) is 0 Å². The fraction of sp³-hybridized carbons (Fsp3) is 0.875. The van der Waals surface area contributed by atoms with Gasteiger partial charge in [-0.05, 0) is 25.7 Å². The Balaban J connectivity index is 1.92. The van der Waals surface area contributed by atoms with Gasteiger partial charge in [-0.25, -0.2) is 0 Å². The third-order valence-electron chi connectivity index (χ3n) is 2.91. The summed E-state index contributed by atoms with van der Waals surface area (Å²) in [7, 11) is 0. The summed E-state index contributed by atoms with van der Waals surface area (Å²) in [6.45, 7) is 2.15. The van der Waals surface area contributed by atoms with Gasteiger partial charge in [0.15, 0.2) is 6.19 Å². The summed E-state index contributed by atoms with van der Waals surface area (Å²) in [6, 6.07) is 1.18. The van der Waals surface area contributed by atoms with Crippen molar-refractivity contribution in [3.63, 3.8) is 0 Å². The Bertz CT molecular complexity index is 178. The topological polar surface area (TPSA) is 26.8 Å². The van der Waals surface area contributed by atoms with E-state index in [1.54, 1.807) is 0 Å². The van der Waals surface area contributed by atoms with Gasteiger partial charge >= 0.3 is 0 Å². The van der Waals surface area contributed by atoms with Crippen molar-refractivity contribution in [2.45, 2.75) is 38.3 Å². The maximum absolute atomic E-state index is 8.59. The molecule has 2 atom stereocenters. The summed E-state index contributed by atoms with van der Waals surface area (Å²) in [6.07, 6.45) is 6.31. The molecule has 0 bridgehead atoms. The fourth-order valence-electron chi connectivity index (χ4n) is 1.93. The number of hydrogen-bond acceptors (Lipinski definition) is 2. The maximum Gasteiger partial charge on any atom is 0.179 e. The van der Waals surface area contributed by atoms with Gasteiger partial charge in [-0.2, -0.15) is 5.26 Å². The average molecular weight is 136 g/mol. The SMILES string of the molecule is CC1C(C2CCC2)N1C#N. The second kappa shape index (κ2) is 1.88. The molecule has 1 saturated heterocycles. The quantitative estimate of drug-likeness (QED) is 0.401. The molecule has 2 nitrogen and oxygen atoms in total. The van der Waals surface area contributed by atoms with Crippen LogP contribution >= 0.6 is 0 Å². The molecular weight excluding hydrogens is 124 g/mol. The van der Waals surface area contributed by atoms with Crippen LogP contribution in [0.2, 0.25) is 0 Å². The van der Waals surface area contributed by atoms with E-state index in [9.17, 15) is 0 Å². The normalized spacial score (nSPS) is 38.6. The second-order valence-electron chi connectivity index (χ2n) is 3.43. The predicted molar refractivity (Wildman–Crippen MR) is 38.0 cm³/mol. The van der Waals surface area contributed by atoms with Gasteiger partial charge in [0.05, 0.1) is 12.1 Å². The van der Waals surface area contributed by atoms with Crippen molar-refractivity contribution in [1.29, 1.82) is 5.26 Å². The van der Waals surface area contributed by atoms with Gasteiger partial charge in [0.1, 0.15) is 0 Å². The number of hydrogen-bond donors (Lipinski definition) is 0. The molecule has 10 heavy (non-hydrogen) atoms. The van der Waals surface area contributed by atoms with E-state index in [1.165, 1.54) is 19.3 Å². The molecule has 2 fully saturated rings. The highest BCUT2D eigenvalue weighted by Gasteiger charge is 2.50. The summed E-state index contributed by atoms with van der Waals surface area (Å²) in [5, 5.41) is 8.59. The Morgan fingerprint density at radius 2 is 2.20 bits per heavy atom. The monoisotopic (exact) mass is 136 g/mol. The molecule has 0 spiro atoms. The van der Waals surface area contributed by atoms with Gasteiger partial charge in [0, 0.05) is 0 Å². The standard InChI is InChI=1S/C8H12N2/c1-6-8(10(6)5-9)7-3-2-4-7/h6-8H,2-4H2,1H3. The highest BCUT2D eigenvalue weighted by atomic mass is 15.3. The summed E-state index contributed by atoms with van der Waals surface area (Å²) in [5.74, 6) is 0.856. The Hall–Kier alpha value is -0.710. The summed E-state index contributed by atoms with van der Waals surface area (Å²) in [5.41, 5.74) is 0. The van der Waals surface area contributed by atoms with Crippen LogP contribution < -0.4 is 0 Å². The van der Waals surface area contributed by atoms with Crippen molar-refractivity contribution < 1.29 is 0 Å². The van der Waals surface area contributed by atoms with E-state index in [4.69, 9.17) is 5.26 Å². The molecular formula is C8H12N2. The molecule has 2 unspecified atom stereocenters. The Labute approximate surface area is 61.4 Å². The van der Waals surface area contributed by atoms with E-state index in [-0.39, 0.29) is 0 Å². The minimum absolute atomic E-state index is 0.551. The largest absolute Gasteiger partial charge is 0.300 e. The van der Waals surface area contributed by atoms with Crippen LogP contribution in [-0.2, 0) is 0 Å². The van der Waals surface area contributed by atoms with E-state index in [1.807, 2.05) is 4.90 Å². The van der Waals surface area contributed by atoms with Crippen LogP contribution in [0.15, 0.2) is 0 Å². The minimum Gasteiger partial charge on any atom is -0.300 e. The van der Waals surface area contributed by atoms with Crippen molar-refractivity contribution >= 4 is 0 Å². The lowest BCUT2D eigenvalue weighted by molar-refractivity contribution is 0.289. The smallest absolute Gasteiger partial charge is 0.179 e. The average Bonchev–Trinajstić information content (AvgIpc) is 2.39. The zero-order chi connectivity index (χ0) is 7.14. The lowest BCUT2D eigenvalue weighted by atomic mass is 9.82. The third-order valence-corrected chi connectivity index (χ3v) is 2.91. The molecule has 1 heterocycles. The maximum atomic E-state index is 8.59. The molecule has 0 aromatic heterocycles. The second-order valence-corrected chi connectivity index (χ2v) is 3.43. The van der Waals surface area contributed by atoms with Gasteiger partial charge in [0.25, 0.3) is 0 Å². The Morgan fingerprint density at radius 1 is 1.50 bits per heavy atom. The first-order valence-electron chi connectivity index (χ1n) is 4.02. The lowest BCUT2D eigenvalue weighted by Gasteiger charge is -2.24. The van der Waals surface area contributed by atoms with Crippen molar-refractivity contribution in [3.8, 4) is 6.19 Å². The molecule has 2 heteroatoms. The van der Waals surface area contributed by atoms with Crippen molar-refractivity contribution in [2.24, 2.45) is 5.92 Å². The highest BCUT2D eigenvalue weighted by molar-refractivity contribution is 5.10. The van der Waals surface area contributed by atoms with Crippen LogP contribution in [0.4, 0.5) is 0 Å². The molecule has 0 amide bonds. The highest BCUT2D eigenvalue weighted by Crippen LogP contribution is 2.42. The molecule has 1 aliphatic heterocycles. The van der Waals surface area contributed by atoms with Crippen LogP contribution in [-0.4, -0.2) is 17.0 Å². The van der Waals surface area contributed by atoms with Crippen LogP contribution in [0.1, 0.15) is 26.2 Å². The molecule has 1 aliphatic carbocycles. The van der Waals surface area contributed by atoms with E-state index < -0.39 is 0 Å². The van der Waals surface area contributed by atoms with Crippen LogP contribution in [0.3, 0.4) is 0 Å². The molecule has 54 valence electrons. The molecule has 2 rings (SSSR count). The van der Waals surface area contributed by atoms with Crippen molar-refractivity contribution in [2.75, 3.05) is 0 Å². The van der Waals surface area contributed by atoms with Crippen molar-refractivity contribution in [1.82, 2.24) is 4.90 Å². The van der Waals surface area contributed by atoms with Gasteiger partial charge in [-0.3, -0.25) is 0 Å². The Morgan fingerprint density at radius 3 is 2.50 bits per heavy atom. The van der Waals surface area contributed by atoms with Crippen LogP contribution in [0.5, 0.6) is 0 Å². The first-order chi connectivity index (χ1) is 4.84. The zero-order valence-corrected chi connectivity index (χ0v) is 6.25. The summed E-state index contributed by atoms with van der Waals surface area (Å²) >= 11 is 0. The number of rotatable bonds is 1. The molecule has 0 aromatic rings. The first kappa shape index (κ1) is 6.03. The Kier molecular flexibility index (Phi) is 1.14. The number of nitrogens with zero attached hydrogens (tertiary/aromatic N) is 2. The van der Waals surface area contributed by atoms with E-state index in [0.29, 0.717) is 12.1 Å². The molecule has 0 aromatic carbocycles. The van der Waals surface area contributed by atoms with E-state index >= 15 is 0 Å². The van der Waals surface area contributed by atoms with E-state index in [2.05, 4.69) is 13.1 Å². The minimum atomic E-state index is 0.551. The molecule has 0 N–H and O–H groups in total. The van der Waals surface area contributed by atoms with Crippen LogP contribution in [0.25, 0.3) is 0 Å². The fourth-order valence-corrected chi connectivity index (χ4v) is 1.93. The summed E-state index contributed by atoms with van der Waals surface area (Å²) < 4.78 is 0.